The molecule has 5 atom stereocenters. The van der Waals surface area contributed by atoms with Gasteiger partial charge in [0.05, 0.1) is 51.8 Å². The van der Waals surface area contributed by atoms with Gasteiger partial charge in [0, 0.05) is 112 Å². The number of aliphatic hydroxyl groups is 2. The molecule has 5 aromatic heterocycles. The molecule has 7 N–H and O–H groups in total. The highest BCUT2D eigenvalue weighted by molar-refractivity contribution is 7.92. The summed E-state index contributed by atoms with van der Waals surface area (Å²) in [5.74, 6) is 3.80. The van der Waals surface area contributed by atoms with Crippen molar-refractivity contribution in [2.75, 3.05) is 62.6 Å². The lowest BCUT2D eigenvalue weighted by molar-refractivity contribution is 0.295. The molecule has 0 amide bonds. The summed E-state index contributed by atoms with van der Waals surface area (Å²) in [6, 6.07) is 51.3. The number of aryl methyl sites for hydroxylation is 3. The molecular weight excluding hydrogens is 1970 g/mol. The van der Waals surface area contributed by atoms with Crippen LogP contribution < -0.4 is 27.8 Å². The fourth-order valence-electron chi connectivity index (χ4n) is 21.9. The largest absolute Gasteiger partial charge is 0.396 e. The van der Waals surface area contributed by atoms with E-state index in [1.165, 1.54) is 141 Å². The highest BCUT2D eigenvalue weighted by Gasteiger charge is 2.34. The van der Waals surface area contributed by atoms with Gasteiger partial charge < -0.3 is 40.0 Å². The molecule has 10 aromatic rings. The van der Waals surface area contributed by atoms with Crippen LogP contribution in [0.25, 0.3) is 0 Å². The maximum absolute atomic E-state index is 13.0. The van der Waals surface area contributed by atoms with E-state index in [-0.39, 0.29) is 131 Å². The molecular formula is C115H152Cl2N6O17S5. The summed E-state index contributed by atoms with van der Waals surface area (Å²) in [5, 5.41) is 18.3. The topological polar surface area (TPSA) is 379 Å². The van der Waals surface area contributed by atoms with Crippen LogP contribution in [0.2, 0.25) is 10.0 Å². The average Bonchev–Trinajstić information content (AvgIpc) is 1.79. The standard InChI is InChI=1S/C26H37ClN2O3S.C23H31NO4S.C22H28ClNO4S.C22H27NO3S.C22H29NO3S/c1-4-29(5-2)15-8-16-33(31,32)25-14-12-21(18-23(25)27)22(17-20-9-6-7-10-20)24-13-11-19(3)26(30)28-24;1-2-18-10-13-22(24-23(18)26)21(16-17-6-3-4-7-17)19-8-11-20(12-9-19)29(27,28)15-5-14-25;1-15-7-9-20(24-22(15)26)18(13-16-5-2-3-6-16)17-8-10-21(19(23)14-17)29(27,28)12-4-11-25;1-27(25,26)18-10-8-17(9-11-18)20(14-15-4-2-3-5-15)21-13-12-19(16-6-7-16)22(24)23-21;1-15(2)19-12-13-21(23-22(19)24)20(14-16-6-4-5-7-16)17-8-10-18(11-9-17)27(3,25)26/h11-14,18,20,22H,4-10,15-17H2,1-3H3,(H,28,30);8-13,17,21,25H,2-7,14-16H2,1H3,(H,24,26);7-10,14,16,18,25H,2-6,11-13H2,1H3,(H,24,26);8-13,15-16,20H,2-7,14H2,1H3,(H,23,24);8-13,15-16,20H,4-7,14H2,1-3H3,(H,23,24). The van der Waals surface area contributed by atoms with Crippen molar-refractivity contribution in [3.8, 4) is 0 Å². The Bertz CT molecular complexity index is 6720. The second kappa shape index (κ2) is 53.5. The molecule has 788 valence electrons. The molecule has 5 unspecified atom stereocenters. The molecule has 0 bridgehead atoms. The maximum Gasteiger partial charge on any atom is 0.251 e. The fraction of sp³-hybridized carbons (Fsp3) is 0.522. The second-order valence-corrected chi connectivity index (χ2v) is 52.7. The Hall–Kier alpha value is -8.94. The molecule has 0 aliphatic heterocycles. The Labute approximate surface area is 869 Å². The highest BCUT2D eigenvalue weighted by Crippen LogP contribution is 2.46. The Morgan fingerprint density at radius 2 is 0.648 bits per heavy atom. The van der Waals surface area contributed by atoms with E-state index in [4.69, 9.17) is 33.4 Å². The van der Waals surface area contributed by atoms with E-state index in [1.807, 2.05) is 118 Å². The van der Waals surface area contributed by atoms with Crippen molar-refractivity contribution in [3.05, 3.63) is 316 Å². The van der Waals surface area contributed by atoms with Gasteiger partial charge in [0.1, 0.15) is 0 Å². The number of pyridine rings is 5. The molecule has 23 nitrogen and oxygen atoms in total. The maximum atomic E-state index is 13.0. The Balaban J connectivity index is 0.000000162. The summed E-state index contributed by atoms with van der Waals surface area (Å²) in [4.78, 5) is 80.7. The third-order valence-corrected chi connectivity index (χ3v) is 39.3. The number of aromatic amines is 5. The molecule has 0 spiro atoms. The van der Waals surface area contributed by atoms with E-state index in [9.17, 15) is 66.1 Å². The number of hydrogen-bond acceptors (Lipinski definition) is 18. The molecule has 6 fully saturated rings. The van der Waals surface area contributed by atoms with Gasteiger partial charge >= 0.3 is 0 Å². The first-order valence-corrected chi connectivity index (χ1v) is 62.2. The Morgan fingerprint density at radius 1 is 0.345 bits per heavy atom. The Morgan fingerprint density at radius 3 is 0.952 bits per heavy atom. The predicted octanol–water partition coefficient (Wildman–Crippen LogP) is 22.5. The summed E-state index contributed by atoms with van der Waals surface area (Å²) in [6.07, 6.45) is 35.8. The minimum atomic E-state index is -3.54. The van der Waals surface area contributed by atoms with Crippen molar-refractivity contribution in [1.82, 2.24) is 29.8 Å². The SMILES string of the molecule is CC(C)c1ccc(C(CC2CCCC2)c2ccc(S(C)(=O)=O)cc2)[nH]c1=O.CCN(CC)CCCS(=O)(=O)c1ccc(C(CC2CCCC2)c2ccc(C)c(=O)[nH]2)cc1Cl.CCc1ccc(C(CC2CCCC2)c2ccc(S(=O)(=O)CCCO)cc2)[nH]c1=O.CS(=O)(=O)c1ccc(C(CC2CCCC2)c2ccc(C3CC3)c(=O)[nH]2)cc1.Cc1ccc(C(CC2CCCC2)c2ccc(S(=O)(=O)CCCO)c(Cl)c2)[nH]c1=O. The molecule has 5 aromatic carbocycles. The van der Waals surface area contributed by atoms with E-state index in [0.29, 0.717) is 69.3 Å². The molecule has 6 aliphatic rings. The van der Waals surface area contributed by atoms with Crippen molar-refractivity contribution in [2.45, 2.75) is 313 Å². The molecule has 6 aliphatic carbocycles. The van der Waals surface area contributed by atoms with Crippen molar-refractivity contribution in [1.29, 1.82) is 0 Å². The van der Waals surface area contributed by atoms with Crippen LogP contribution in [0.4, 0.5) is 0 Å². The van der Waals surface area contributed by atoms with Gasteiger partial charge in [-0.3, -0.25) is 24.0 Å². The van der Waals surface area contributed by atoms with Crippen LogP contribution in [0.15, 0.2) is 218 Å². The smallest absolute Gasteiger partial charge is 0.251 e. The van der Waals surface area contributed by atoms with Crippen molar-refractivity contribution in [3.63, 3.8) is 0 Å². The van der Waals surface area contributed by atoms with Crippen LogP contribution in [0.1, 0.15) is 353 Å². The van der Waals surface area contributed by atoms with Crippen LogP contribution in [0.5, 0.6) is 0 Å². The fourth-order valence-corrected chi connectivity index (χ4v) is 28.2. The van der Waals surface area contributed by atoms with Gasteiger partial charge in [0.25, 0.3) is 27.8 Å². The average molecular weight is 2120 g/mol. The predicted molar refractivity (Wildman–Crippen MR) is 583 cm³/mol. The zero-order chi connectivity index (χ0) is 105. The van der Waals surface area contributed by atoms with Crippen molar-refractivity contribution >= 4 is 72.4 Å². The first-order valence-electron chi connectivity index (χ1n) is 52.7. The number of aromatic nitrogens is 5. The Kier molecular flexibility index (Phi) is 42.3. The van der Waals surface area contributed by atoms with Gasteiger partial charge in [-0.25, -0.2) is 42.1 Å². The van der Waals surface area contributed by atoms with Crippen molar-refractivity contribution < 1.29 is 52.3 Å². The van der Waals surface area contributed by atoms with Crippen molar-refractivity contribution in [2.24, 2.45) is 29.6 Å². The molecule has 30 heteroatoms. The number of benzene rings is 5. The minimum Gasteiger partial charge on any atom is -0.396 e. The van der Waals surface area contributed by atoms with Gasteiger partial charge in [-0.15, -0.1) is 0 Å². The van der Waals surface area contributed by atoms with E-state index in [2.05, 4.69) is 49.7 Å². The zero-order valence-electron chi connectivity index (χ0n) is 85.9. The van der Waals surface area contributed by atoms with Gasteiger partial charge in [-0.05, 0) is 264 Å². The lowest BCUT2D eigenvalue weighted by atomic mass is 9.85. The van der Waals surface area contributed by atoms with E-state index < -0.39 is 49.2 Å². The number of rotatable bonds is 40. The summed E-state index contributed by atoms with van der Waals surface area (Å²) in [6.45, 7) is 16.0. The highest BCUT2D eigenvalue weighted by atomic mass is 35.5. The summed E-state index contributed by atoms with van der Waals surface area (Å²) in [5.41, 5.74) is 13.1. The zero-order valence-corrected chi connectivity index (χ0v) is 91.5. The lowest BCUT2D eigenvalue weighted by Gasteiger charge is -2.22. The van der Waals surface area contributed by atoms with E-state index >= 15 is 0 Å². The van der Waals surface area contributed by atoms with Gasteiger partial charge in [-0.2, -0.15) is 0 Å². The lowest BCUT2D eigenvalue weighted by Crippen LogP contribution is -2.25. The summed E-state index contributed by atoms with van der Waals surface area (Å²) >= 11 is 12.9. The number of H-pyrrole nitrogens is 5. The minimum absolute atomic E-state index is 0.0154. The summed E-state index contributed by atoms with van der Waals surface area (Å²) < 4.78 is 123. The molecule has 0 radical (unpaired) electrons. The first kappa shape index (κ1) is 115. The number of halogens is 2. The van der Waals surface area contributed by atoms with Crippen LogP contribution in [0.3, 0.4) is 0 Å². The first-order chi connectivity index (χ1) is 69.2. The van der Waals surface area contributed by atoms with Gasteiger partial charge in [0.2, 0.25) is 0 Å². The molecule has 6 saturated carbocycles. The quantitative estimate of drug-likeness (QED) is 0.0187. The second-order valence-electron chi connectivity index (χ2n) is 41.6. The van der Waals surface area contributed by atoms with Crippen LogP contribution in [0, 0.1) is 43.4 Å². The van der Waals surface area contributed by atoms with Crippen LogP contribution in [-0.2, 0) is 55.6 Å². The van der Waals surface area contributed by atoms with Crippen LogP contribution in [-0.4, -0.2) is 145 Å². The third-order valence-electron chi connectivity index (χ3n) is 30.7. The summed E-state index contributed by atoms with van der Waals surface area (Å²) in [7, 11) is -16.8. The monoisotopic (exact) mass is 2120 g/mol. The normalized spacial score (nSPS) is 16.8. The van der Waals surface area contributed by atoms with E-state index in [1.54, 1.807) is 80.6 Å². The number of sulfone groups is 5. The van der Waals surface area contributed by atoms with Gasteiger partial charge in [-0.1, -0.05) is 265 Å². The number of nitrogens with one attached hydrogen (secondary N) is 5. The molecule has 5 heterocycles. The van der Waals surface area contributed by atoms with Crippen LogP contribution >= 0.6 is 23.2 Å². The third kappa shape index (κ3) is 32.5. The molecule has 145 heavy (non-hydrogen) atoms. The number of aliphatic hydroxyl groups excluding tert-OH is 2. The number of nitrogens with zero attached hydrogens (tertiary/aromatic N) is 1. The van der Waals surface area contributed by atoms with E-state index in [0.717, 1.165) is 138 Å². The molecule has 0 saturated heterocycles. The van der Waals surface area contributed by atoms with Gasteiger partial charge in [0.15, 0.2) is 49.2 Å². The number of hydrogen-bond donors (Lipinski definition) is 7. The molecule has 16 rings (SSSR count).